The van der Waals surface area contributed by atoms with Gasteiger partial charge >= 0.3 is 0 Å². The van der Waals surface area contributed by atoms with E-state index in [1.807, 2.05) is 26.0 Å². The van der Waals surface area contributed by atoms with Crippen molar-refractivity contribution < 1.29 is 4.39 Å². The summed E-state index contributed by atoms with van der Waals surface area (Å²) < 4.78 is 13.8. The molecule has 2 atom stereocenters. The molecule has 0 amide bonds. The maximum Gasteiger partial charge on any atom is 0.129 e. The summed E-state index contributed by atoms with van der Waals surface area (Å²) >= 11 is 0. The van der Waals surface area contributed by atoms with Crippen molar-refractivity contribution in [2.24, 2.45) is 11.3 Å². The van der Waals surface area contributed by atoms with Crippen LogP contribution in [0.25, 0.3) is 0 Å². The molecule has 1 aromatic carbocycles. The molecule has 0 bridgehead atoms. The highest BCUT2D eigenvalue weighted by Gasteiger charge is 2.50. The molecule has 1 nitrogen and oxygen atoms in total. The van der Waals surface area contributed by atoms with Gasteiger partial charge in [0.25, 0.3) is 0 Å². The maximum absolute atomic E-state index is 13.8. The van der Waals surface area contributed by atoms with Crippen LogP contribution in [0, 0.1) is 31.0 Å². The van der Waals surface area contributed by atoms with E-state index < -0.39 is 0 Å². The quantitative estimate of drug-likeness (QED) is 0.823. The molecule has 0 aliphatic heterocycles. The number of halogens is 1. The number of nitrogens with one attached hydrogen (secondary N) is 1. The molecule has 0 radical (unpaired) electrons. The van der Waals surface area contributed by atoms with E-state index in [9.17, 15) is 4.39 Å². The largest absolute Gasteiger partial charge is 0.310 e. The van der Waals surface area contributed by atoms with E-state index >= 15 is 0 Å². The molecular weight excluding hydrogens is 237 g/mol. The summed E-state index contributed by atoms with van der Waals surface area (Å²) in [4.78, 5) is 0. The first kappa shape index (κ1) is 14.5. The van der Waals surface area contributed by atoms with E-state index in [4.69, 9.17) is 0 Å². The van der Waals surface area contributed by atoms with E-state index in [0.717, 1.165) is 24.1 Å². The third-order valence-corrected chi connectivity index (χ3v) is 4.42. The Morgan fingerprint density at radius 3 is 2.26 bits per heavy atom. The SMILES string of the molecule is CCCNC(c1cc(C)c(F)c(C)c1)C1CC1(C)C. The summed E-state index contributed by atoms with van der Waals surface area (Å²) in [6.07, 6.45) is 2.38. The molecule has 0 aromatic heterocycles. The monoisotopic (exact) mass is 263 g/mol. The average Bonchev–Trinajstić information content (AvgIpc) is 2.95. The van der Waals surface area contributed by atoms with Crippen LogP contribution in [0.4, 0.5) is 4.39 Å². The van der Waals surface area contributed by atoms with Gasteiger partial charge in [0, 0.05) is 6.04 Å². The second-order valence-electron chi connectivity index (χ2n) is 6.70. The van der Waals surface area contributed by atoms with E-state index in [0.29, 0.717) is 17.4 Å². The van der Waals surface area contributed by atoms with Gasteiger partial charge in [-0.15, -0.1) is 0 Å². The normalized spacial score (nSPS) is 22.3. The molecule has 1 aliphatic carbocycles. The van der Waals surface area contributed by atoms with E-state index in [2.05, 4.69) is 26.1 Å². The molecule has 0 heterocycles. The van der Waals surface area contributed by atoms with Crippen molar-refractivity contribution in [2.75, 3.05) is 6.54 Å². The van der Waals surface area contributed by atoms with Gasteiger partial charge in [-0.05, 0) is 61.3 Å². The molecule has 19 heavy (non-hydrogen) atoms. The minimum atomic E-state index is -0.0620. The summed E-state index contributed by atoms with van der Waals surface area (Å²) in [7, 11) is 0. The first-order chi connectivity index (χ1) is 8.86. The Bertz CT molecular complexity index is 441. The standard InChI is InChI=1S/C17H26FN/c1-6-7-19-16(14-10-17(14,4)5)13-8-11(2)15(18)12(3)9-13/h8-9,14,16,19H,6-7,10H2,1-5H3. The first-order valence-corrected chi connectivity index (χ1v) is 7.37. The lowest BCUT2D eigenvalue weighted by Crippen LogP contribution is -2.25. The fraction of sp³-hybridized carbons (Fsp3) is 0.647. The van der Waals surface area contributed by atoms with Gasteiger partial charge in [-0.2, -0.15) is 0 Å². The van der Waals surface area contributed by atoms with Crippen molar-refractivity contribution in [3.63, 3.8) is 0 Å². The molecular formula is C17H26FN. The van der Waals surface area contributed by atoms with Gasteiger partial charge in [0.05, 0.1) is 0 Å². The highest BCUT2D eigenvalue weighted by atomic mass is 19.1. The summed E-state index contributed by atoms with van der Waals surface area (Å²) in [5, 5.41) is 3.65. The summed E-state index contributed by atoms with van der Waals surface area (Å²) in [5.74, 6) is 0.608. The topological polar surface area (TPSA) is 12.0 Å². The second kappa shape index (κ2) is 5.24. The van der Waals surface area contributed by atoms with Gasteiger partial charge in [0.15, 0.2) is 0 Å². The van der Waals surface area contributed by atoms with Gasteiger partial charge in [0.1, 0.15) is 5.82 Å². The number of aryl methyl sites for hydroxylation is 2. The fourth-order valence-electron chi connectivity index (χ4n) is 3.03. The molecule has 2 rings (SSSR count). The Hall–Kier alpha value is -0.890. The van der Waals surface area contributed by atoms with E-state index in [1.54, 1.807) is 0 Å². The van der Waals surface area contributed by atoms with Crippen LogP contribution in [0.3, 0.4) is 0 Å². The minimum Gasteiger partial charge on any atom is -0.310 e. The molecule has 1 saturated carbocycles. The molecule has 1 aliphatic rings. The van der Waals surface area contributed by atoms with Crippen molar-refractivity contribution in [3.8, 4) is 0 Å². The lowest BCUT2D eigenvalue weighted by atomic mass is 9.94. The van der Waals surface area contributed by atoms with Crippen LogP contribution < -0.4 is 5.32 Å². The van der Waals surface area contributed by atoms with Crippen LogP contribution in [-0.4, -0.2) is 6.54 Å². The number of hydrogen-bond acceptors (Lipinski definition) is 1. The van der Waals surface area contributed by atoms with Gasteiger partial charge in [-0.1, -0.05) is 32.9 Å². The van der Waals surface area contributed by atoms with Gasteiger partial charge in [-0.25, -0.2) is 4.39 Å². The van der Waals surface area contributed by atoms with Crippen LogP contribution in [0.2, 0.25) is 0 Å². The Morgan fingerprint density at radius 1 is 1.32 bits per heavy atom. The lowest BCUT2D eigenvalue weighted by molar-refractivity contribution is 0.415. The third-order valence-electron chi connectivity index (χ3n) is 4.42. The first-order valence-electron chi connectivity index (χ1n) is 7.37. The van der Waals surface area contributed by atoms with Crippen molar-refractivity contribution in [1.29, 1.82) is 0 Å². The maximum atomic E-state index is 13.8. The molecule has 2 unspecified atom stereocenters. The van der Waals surface area contributed by atoms with Crippen molar-refractivity contribution in [1.82, 2.24) is 5.32 Å². The highest BCUT2D eigenvalue weighted by Crippen LogP contribution is 2.57. The Kier molecular flexibility index (Phi) is 4.00. The van der Waals surface area contributed by atoms with Gasteiger partial charge in [-0.3, -0.25) is 0 Å². The Balaban J connectivity index is 2.28. The van der Waals surface area contributed by atoms with Gasteiger partial charge in [0.2, 0.25) is 0 Å². The molecule has 1 aromatic rings. The van der Waals surface area contributed by atoms with E-state index in [1.165, 1.54) is 12.0 Å². The Labute approximate surface area is 116 Å². The predicted molar refractivity (Wildman–Crippen MR) is 78.8 cm³/mol. The summed E-state index contributed by atoms with van der Waals surface area (Å²) in [5.41, 5.74) is 3.19. The Morgan fingerprint density at radius 2 is 1.84 bits per heavy atom. The van der Waals surface area contributed by atoms with Crippen LogP contribution in [0.15, 0.2) is 12.1 Å². The molecule has 2 heteroatoms. The predicted octanol–water partition coefficient (Wildman–Crippen LogP) is 4.53. The van der Waals surface area contributed by atoms with Crippen LogP contribution in [0.5, 0.6) is 0 Å². The van der Waals surface area contributed by atoms with Crippen LogP contribution >= 0.6 is 0 Å². The van der Waals surface area contributed by atoms with Gasteiger partial charge < -0.3 is 5.32 Å². The van der Waals surface area contributed by atoms with E-state index in [-0.39, 0.29) is 5.82 Å². The molecule has 106 valence electrons. The zero-order chi connectivity index (χ0) is 14.2. The fourth-order valence-corrected chi connectivity index (χ4v) is 3.03. The second-order valence-corrected chi connectivity index (χ2v) is 6.70. The zero-order valence-electron chi connectivity index (χ0n) is 12.8. The van der Waals surface area contributed by atoms with Crippen LogP contribution in [-0.2, 0) is 0 Å². The number of benzene rings is 1. The number of rotatable bonds is 5. The average molecular weight is 263 g/mol. The molecule has 1 fully saturated rings. The third kappa shape index (κ3) is 3.00. The van der Waals surface area contributed by atoms with Crippen molar-refractivity contribution >= 4 is 0 Å². The smallest absolute Gasteiger partial charge is 0.129 e. The summed E-state index contributed by atoms with van der Waals surface area (Å²) in [6.45, 7) is 11.6. The van der Waals surface area contributed by atoms with Crippen LogP contribution in [0.1, 0.15) is 56.3 Å². The highest BCUT2D eigenvalue weighted by molar-refractivity contribution is 5.34. The van der Waals surface area contributed by atoms with Crippen molar-refractivity contribution in [3.05, 3.63) is 34.6 Å². The van der Waals surface area contributed by atoms with Crippen molar-refractivity contribution in [2.45, 2.75) is 53.5 Å². The molecule has 1 N–H and O–H groups in total. The molecule has 0 saturated heterocycles. The number of hydrogen-bond donors (Lipinski definition) is 1. The lowest BCUT2D eigenvalue weighted by Gasteiger charge is -2.22. The summed E-state index contributed by atoms with van der Waals surface area (Å²) in [6, 6.07) is 4.40. The zero-order valence-corrected chi connectivity index (χ0v) is 12.8. The molecule has 0 spiro atoms. The minimum absolute atomic E-state index is 0.0620.